The molecule has 3 N–H and O–H groups in total. The Morgan fingerprint density at radius 1 is 0.892 bits per heavy atom. The van der Waals surface area contributed by atoms with Gasteiger partial charge in [-0.05, 0) is 47.6 Å². The third-order valence-corrected chi connectivity index (χ3v) is 7.32. The van der Waals surface area contributed by atoms with Crippen molar-refractivity contribution in [1.29, 1.82) is 0 Å². The number of imidazole rings is 1. The molecule has 9 heteroatoms. The van der Waals surface area contributed by atoms with Crippen molar-refractivity contribution in [3.05, 3.63) is 83.9 Å². The number of aromatic amines is 1. The normalized spacial score (nSPS) is 17.1. The van der Waals surface area contributed by atoms with Crippen molar-refractivity contribution in [3.63, 3.8) is 0 Å². The molecule has 0 spiro atoms. The monoisotopic (exact) mass is 495 g/mol. The Balaban J connectivity index is 1.37. The number of fused-ring (bicyclic) bond motifs is 1. The molecule has 5 aromatic rings. The molecule has 2 atom stereocenters. The van der Waals surface area contributed by atoms with Gasteiger partial charge in [0.1, 0.15) is 5.82 Å². The zero-order chi connectivity index (χ0) is 25.4. The van der Waals surface area contributed by atoms with Crippen molar-refractivity contribution in [2.75, 3.05) is 0 Å². The van der Waals surface area contributed by atoms with E-state index in [0.717, 1.165) is 54.6 Å². The van der Waals surface area contributed by atoms with Crippen molar-refractivity contribution >= 4 is 0 Å². The van der Waals surface area contributed by atoms with E-state index in [2.05, 4.69) is 62.4 Å². The minimum absolute atomic E-state index is 0.0511. The summed E-state index contributed by atoms with van der Waals surface area (Å²) in [5, 5.41) is 35.4. The first kappa shape index (κ1) is 23.0. The lowest BCUT2D eigenvalue weighted by atomic mass is 9.91. The van der Waals surface area contributed by atoms with E-state index >= 15 is 0 Å². The van der Waals surface area contributed by atoms with Gasteiger partial charge in [0.05, 0.1) is 12.1 Å². The lowest BCUT2D eigenvalue weighted by Crippen LogP contribution is -2.27. The molecule has 0 aliphatic carbocycles. The van der Waals surface area contributed by atoms with E-state index in [1.54, 1.807) is 4.57 Å². The number of H-pyrrole nitrogens is 1. The van der Waals surface area contributed by atoms with Gasteiger partial charge in [0.2, 0.25) is 5.82 Å². The summed E-state index contributed by atoms with van der Waals surface area (Å²) in [5.41, 5.74) is 5.44. The van der Waals surface area contributed by atoms with Crippen LogP contribution < -0.4 is 0 Å². The van der Waals surface area contributed by atoms with Crippen LogP contribution in [0.5, 0.6) is 11.8 Å². The van der Waals surface area contributed by atoms with Crippen molar-refractivity contribution in [2.45, 2.75) is 51.1 Å². The maximum absolute atomic E-state index is 10.4. The molecular weight excluding hydrogens is 466 g/mol. The van der Waals surface area contributed by atoms with Gasteiger partial charge in [-0.1, -0.05) is 61.9 Å². The summed E-state index contributed by atoms with van der Waals surface area (Å²) in [5.74, 6) is 1.54. The van der Waals surface area contributed by atoms with Gasteiger partial charge in [-0.15, -0.1) is 10.2 Å². The fraction of sp³-hybridized carbons (Fsp3) is 0.286. The highest BCUT2D eigenvalue weighted by atomic mass is 16.3. The molecule has 6 rings (SSSR count). The zero-order valence-corrected chi connectivity index (χ0v) is 20.6. The highest BCUT2D eigenvalue weighted by Gasteiger charge is 2.34. The number of nitrogens with one attached hydrogen (secondary N) is 1. The maximum Gasteiger partial charge on any atom is 0.205 e. The summed E-state index contributed by atoms with van der Waals surface area (Å²) < 4.78 is 3.90. The Bertz CT molecular complexity index is 1480. The van der Waals surface area contributed by atoms with Crippen molar-refractivity contribution in [2.24, 2.45) is 0 Å². The van der Waals surface area contributed by atoms with E-state index in [0.29, 0.717) is 5.82 Å². The smallest absolute Gasteiger partial charge is 0.205 e. The first-order valence-electron chi connectivity index (χ1n) is 12.7. The number of aromatic nitrogens is 7. The molecule has 0 amide bonds. The van der Waals surface area contributed by atoms with Gasteiger partial charge in [-0.3, -0.25) is 4.57 Å². The van der Waals surface area contributed by atoms with E-state index in [1.165, 1.54) is 23.4 Å². The summed E-state index contributed by atoms with van der Waals surface area (Å²) in [4.78, 5) is 4.81. The third-order valence-electron chi connectivity index (χ3n) is 7.32. The van der Waals surface area contributed by atoms with Crippen LogP contribution in [0.1, 0.15) is 61.8 Å². The molecule has 0 saturated carbocycles. The molecule has 0 fully saturated rings. The van der Waals surface area contributed by atoms with Crippen molar-refractivity contribution in [3.8, 4) is 34.3 Å². The van der Waals surface area contributed by atoms with Crippen LogP contribution in [-0.2, 0) is 6.42 Å². The number of rotatable bonds is 7. The zero-order valence-electron chi connectivity index (χ0n) is 20.6. The average molecular weight is 496 g/mol. The van der Waals surface area contributed by atoms with Crippen LogP contribution in [0.2, 0.25) is 0 Å². The lowest BCUT2D eigenvalue weighted by Gasteiger charge is -2.33. The van der Waals surface area contributed by atoms with E-state index < -0.39 is 0 Å². The second-order valence-electron chi connectivity index (χ2n) is 9.51. The molecule has 1 aliphatic rings. The number of aromatic hydroxyl groups is 2. The van der Waals surface area contributed by atoms with Gasteiger partial charge in [0.15, 0.2) is 11.8 Å². The molecule has 2 aromatic carbocycles. The number of aryl methyl sites for hydroxylation is 1. The Kier molecular flexibility index (Phi) is 5.96. The van der Waals surface area contributed by atoms with E-state index in [9.17, 15) is 10.2 Å². The van der Waals surface area contributed by atoms with E-state index in [-0.39, 0.29) is 23.8 Å². The first-order valence-corrected chi connectivity index (χ1v) is 12.7. The van der Waals surface area contributed by atoms with E-state index in [1.807, 2.05) is 24.4 Å². The SMILES string of the molecule is CCCCc1cnc2n1C(c1ccc(-c3ccccc3-c3nn[nH]n3)cc1)CCC2n1c(O)ccc1O. The highest BCUT2D eigenvalue weighted by molar-refractivity contribution is 5.80. The number of tetrazole rings is 1. The lowest BCUT2D eigenvalue weighted by molar-refractivity contribution is 0.296. The summed E-state index contributed by atoms with van der Waals surface area (Å²) >= 11 is 0. The minimum atomic E-state index is -0.220. The predicted octanol–water partition coefficient (Wildman–Crippen LogP) is 5.26. The number of hydrogen-bond acceptors (Lipinski definition) is 6. The number of benzene rings is 2. The molecule has 37 heavy (non-hydrogen) atoms. The van der Waals surface area contributed by atoms with Gasteiger partial charge in [-0.25, -0.2) is 4.98 Å². The maximum atomic E-state index is 10.4. The molecule has 2 unspecified atom stereocenters. The average Bonchev–Trinajstić information content (AvgIpc) is 3.68. The van der Waals surface area contributed by atoms with Crippen molar-refractivity contribution < 1.29 is 10.2 Å². The molecule has 3 aromatic heterocycles. The number of unbranched alkanes of at least 4 members (excludes halogenated alkanes) is 1. The molecule has 9 nitrogen and oxygen atoms in total. The van der Waals surface area contributed by atoms with Crippen molar-refractivity contribution in [1.82, 2.24) is 34.7 Å². The van der Waals surface area contributed by atoms with Gasteiger partial charge in [0, 0.05) is 29.6 Å². The Morgan fingerprint density at radius 2 is 1.62 bits per heavy atom. The van der Waals surface area contributed by atoms with Crippen LogP contribution in [0.15, 0.2) is 66.9 Å². The first-order chi connectivity index (χ1) is 18.2. The second kappa shape index (κ2) is 9.57. The Labute approximate surface area is 214 Å². The van der Waals surface area contributed by atoms with Gasteiger partial charge >= 0.3 is 0 Å². The molecule has 0 saturated heterocycles. The van der Waals surface area contributed by atoms with Crippen LogP contribution >= 0.6 is 0 Å². The van der Waals surface area contributed by atoms with Crippen LogP contribution in [0.25, 0.3) is 22.5 Å². The quantitative estimate of drug-likeness (QED) is 0.284. The standard InChI is InChI=1S/C28H29N7O2/c1-2-3-6-20-17-29-28-24(35-25(36)15-16-26(35)37)14-13-23(34(20)28)19-11-9-18(10-12-19)21-7-4-5-8-22(21)27-30-32-33-31-27/h4-5,7-12,15-17,23-24,36-37H,2-3,6,13-14H2,1H3,(H,30,31,32,33). The summed E-state index contributed by atoms with van der Waals surface area (Å²) in [6.45, 7) is 2.19. The van der Waals surface area contributed by atoms with Gasteiger partial charge in [-0.2, -0.15) is 5.21 Å². The molecule has 0 radical (unpaired) electrons. The fourth-order valence-electron chi connectivity index (χ4n) is 5.53. The number of hydrogen-bond donors (Lipinski definition) is 3. The fourth-order valence-corrected chi connectivity index (χ4v) is 5.53. The second-order valence-corrected chi connectivity index (χ2v) is 9.51. The van der Waals surface area contributed by atoms with Crippen LogP contribution in [-0.4, -0.2) is 45.0 Å². The van der Waals surface area contributed by atoms with Crippen LogP contribution in [0, 0.1) is 0 Å². The largest absolute Gasteiger partial charge is 0.494 e. The van der Waals surface area contributed by atoms with Gasteiger partial charge in [0.25, 0.3) is 0 Å². The summed E-state index contributed by atoms with van der Waals surface area (Å²) in [7, 11) is 0. The van der Waals surface area contributed by atoms with E-state index in [4.69, 9.17) is 4.98 Å². The van der Waals surface area contributed by atoms with Crippen LogP contribution in [0.4, 0.5) is 0 Å². The summed E-state index contributed by atoms with van der Waals surface area (Å²) in [6, 6.07) is 19.7. The Hall–Kier alpha value is -4.40. The minimum Gasteiger partial charge on any atom is -0.494 e. The highest BCUT2D eigenvalue weighted by Crippen LogP contribution is 2.43. The molecular formula is C28H29N7O2. The molecule has 188 valence electrons. The van der Waals surface area contributed by atoms with Gasteiger partial charge < -0.3 is 14.8 Å². The Morgan fingerprint density at radius 3 is 2.32 bits per heavy atom. The molecule has 4 heterocycles. The topological polar surface area (TPSA) is 118 Å². The van der Waals surface area contributed by atoms with Crippen LogP contribution in [0.3, 0.4) is 0 Å². The summed E-state index contributed by atoms with van der Waals surface area (Å²) in [6.07, 6.45) is 6.70. The molecule has 0 bridgehead atoms. The predicted molar refractivity (Wildman–Crippen MR) is 139 cm³/mol. The number of nitrogens with zero attached hydrogens (tertiary/aromatic N) is 6. The third kappa shape index (κ3) is 4.06. The molecule has 1 aliphatic heterocycles.